The lowest BCUT2D eigenvalue weighted by Gasteiger charge is -2.38. The number of nitrogens with one attached hydrogen (secondary N) is 1. The van der Waals surface area contributed by atoms with Crippen molar-refractivity contribution in [3.63, 3.8) is 0 Å². The van der Waals surface area contributed by atoms with Crippen LogP contribution in [0.1, 0.15) is 42.1 Å². The quantitative estimate of drug-likeness (QED) is 0.726. The number of amides is 2. The number of ether oxygens (including phenoxy) is 1. The fraction of sp³-hybridized carbons (Fsp3) is 0.538. The number of piperidine rings is 1. The number of nitrogens with zero attached hydrogens (tertiary/aromatic N) is 3. The zero-order valence-corrected chi connectivity index (χ0v) is 20.7. The first-order valence-electron chi connectivity index (χ1n) is 12.3. The predicted molar refractivity (Wildman–Crippen MR) is 133 cm³/mol. The summed E-state index contributed by atoms with van der Waals surface area (Å²) in [4.78, 5) is 31.7. The average Bonchev–Trinajstić information content (AvgIpc) is 3.21. The van der Waals surface area contributed by atoms with E-state index in [0.717, 1.165) is 56.9 Å². The molecule has 2 aromatic rings. The van der Waals surface area contributed by atoms with Crippen molar-refractivity contribution in [1.82, 2.24) is 20.0 Å². The summed E-state index contributed by atoms with van der Waals surface area (Å²) in [7, 11) is 0. The first-order valence-corrected chi connectivity index (χ1v) is 13.3. The van der Waals surface area contributed by atoms with Crippen LogP contribution in [0, 0.1) is 6.92 Å². The van der Waals surface area contributed by atoms with Gasteiger partial charge in [-0.05, 0) is 42.7 Å². The Morgan fingerprint density at radius 2 is 2.03 bits per heavy atom. The molecule has 2 amide bonds. The maximum Gasteiger partial charge on any atom is 0.236 e. The fourth-order valence-corrected chi connectivity index (χ4v) is 6.05. The van der Waals surface area contributed by atoms with Crippen LogP contribution in [-0.2, 0) is 16.1 Å². The van der Waals surface area contributed by atoms with Gasteiger partial charge in [0.25, 0.3) is 0 Å². The van der Waals surface area contributed by atoms with Gasteiger partial charge in [-0.25, -0.2) is 0 Å². The van der Waals surface area contributed by atoms with Gasteiger partial charge < -0.3 is 15.0 Å². The van der Waals surface area contributed by atoms with Gasteiger partial charge in [0.1, 0.15) is 11.9 Å². The number of fused-ring (bicyclic) bond motifs is 1. The number of carbonyl (C=O) groups excluding carboxylic acids is 2. The van der Waals surface area contributed by atoms with E-state index in [2.05, 4.69) is 57.1 Å². The Bertz CT molecular complexity index is 1000. The van der Waals surface area contributed by atoms with Gasteiger partial charge in [-0.2, -0.15) is 11.3 Å². The van der Waals surface area contributed by atoms with Crippen molar-refractivity contribution in [3.05, 3.63) is 51.7 Å². The lowest BCUT2D eigenvalue weighted by Crippen LogP contribution is -2.49. The normalized spacial score (nSPS) is 22.9. The number of benzene rings is 1. The Labute approximate surface area is 205 Å². The molecule has 7 nitrogen and oxygen atoms in total. The van der Waals surface area contributed by atoms with E-state index in [1.807, 2.05) is 4.90 Å². The highest BCUT2D eigenvalue weighted by molar-refractivity contribution is 7.07. The summed E-state index contributed by atoms with van der Waals surface area (Å²) in [6.07, 6.45) is 2.45. The predicted octanol–water partition coefficient (Wildman–Crippen LogP) is 2.81. The topological polar surface area (TPSA) is 65.1 Å². The van der Waals surface area contributed by atoms with Crippen LogP contribution in [0.15, 0.2) is 35.0 Å². The SMILES string of the molecule is Cc1ccc2c(c1)CN(CC(=O)N1CCC(N3CCNC(=O)CC3)CC1)CC(c1ccsc1)O2. The first kappa shape index (κ1) is 23.3. The van der Waals surface area contributed by atoms with E-state index in [1.165, 1.54) is 11.1 Å². The molecule has 1 N–H and O–H groups in total. The van der Waals surface area contributed by atoms with Gasteiger partial charge in [-0.15, -0.1) is 0 Å². The Kier molecular flexibility index (Phi) is 7.18. The fourth-order valence-electron chi connectivity index (χ4n) is 5.35. The molecule has 5 rings (SSSR count). The number of thiophene rings is 1. The van der Waals surface area contributed by atoms with Crippen molar-refractivity contribution in [2.45, 2.75) is 44.9 Å². The minimum Gasteiger partial charge on any atom is -0.484 e. The second-order valence-corrected chi connectivity index (χ2v) is 10.5. The van der Waals surface area contributed by atoms with Crippen LogP contribution in [-0.4, -0.2) is 78.4 Å². The molecule has 1 atom stereocenters. The van der Waals surface area contributed by atoms with Crippen molar-refractivity contribution in [2.24, 2.45) is 0 Å². The molecule has 1 aromatic carbocycles. The molecule has 34 heavy (non-hydrogen) atoms. The van der Waals surface area contributed by atoms with Crippen LogP contribution in [0.4, 0.5) is 0 Å². The van der Waals surface area contributed by atoms with Crippen molar-refractivity contribution < 1.29 is 14.3 Å². The van der Waals surface area contributed by atoms with E-state index < -0.39 is 0 Å². The van der Waals surface area contributed by atoms with Crippen molar-refractivity contribution >= 4 is 23.2 Å². The van der Waals surface area contributed by atoms with Crippen LogP contribution < -0.4 is 10.1 Å². The third-order valence-electron chi connectivity index (χ3n) is 7.26. The standard InChI is InChI=1S/C26H34N4O3S/c1-19-2-3-23-21(14-19)15-28(16-24(33-23)20-7-13-34-18-20)17-26(32)30-9-4-22(5-10-30)29-11-6-25(31)27-8-12-29/h2-3,7,13-14,18,22,24H,4-6,8-12,15-17H2,1H3,(H,27,31). The molecule has 0 bridgehead atoms. The molecule has 3 aliphatic heterocycles. The summed E-state index contributed by atoms with van der Waals surface area (Å²) in [6, 6.07) is 8.90. The molecule has 0 radical (unpaired) electrons. The molecule has 0 aliphatic carbocycles. The number of rotatable bonds is 4. The highest BCUT2D eigenvalue weighted by Gasteiger charge is 2.31. The number of carbonyl (C=O) groups is 2. The third-order valence-corrected chi connectivity index (χ3v) is 7.96. The van der Waals surface area contributed by atoms with E-state index in [1.54, 1.807) is 11.3 Å². The van der Waals surface area contributed by atoms with E-state index in [-0.39, 0.29) is 17.9 Å². The number of aryl methyl sites for hydroxylation is 1. The third kappa shape index (κ3) is 5.45. The van der Waals surface area contributed by atoms with Gasteiger partial charge in [0.2, 0.25) is 11.8 Å². The lowest BCUT2D eigenvalue weighted by atomic mass is 10.0. The number of hydrogen-bond acceptors (Lipinski definition) is 6. The van der Waals surface area contributed by atoms with Gasteiger partial charge >= 0.3 is 0 Å². The van der Waals surface area contributed by atoms with Crippen LogP contribution in [0.5, 0.6) is 5.75 Å². The largest absolute Gasteiger partial charge is 0.484 e. The Hall–Kier alpha value is -2.42. The Morgan fingerprint density at radius 3 is 2.82 bits per heavy atom. The number of hydrogen-bond donors (Lipinski definition) is 1. The molecule has 1 aromatic heterocycles. The molecular weight excluding hydrogens is 448 g/mol. The van der Waals surface area contributed by atoms with Crippen LogP contribution in [0.2, 0.25) is 0 Å². The summed E-state index contributed by atoms with van der Waals surface area (Å²) < 4.78 is 6.42. The number of likely N-dealkylation sites (tertiary alicyclic amines) is 1. The monoisotopic (exact) mass is 482 g/mol. The summed E-state index contributed by atoms with van der Waals surface area (Å²) in [5.41, 5.74) is 3.52. The van der Waals surface area contributed by atoms with Gasteiger partial charge in [-0.1, -0.05) is 17.7 Å². The van der Waals surface area contributed by atoms with E-state index in [9.17, 15) is 9.59 Å². The Morgan fingerprint density at radius 1 is 1.18 bits per heavy atom. The molecule has 2 saturated heterocycles. The maximum atomic E-state index is 13.3. The zero-order chi connectivity index (χ0) is 23.5. The molecule has 1 unspecified atom stereocenters. The van der Waals surface area contributed by atoms with E-state index >= 15 is 0 Å². The summed E-state index contributed by atoms with van der Waals surface area (Å²) in [5.74, 6) is 1.27. The van der Waals surface area contributed by atoms with Crippen molar-refractivity contribution in [3.8, 4) is 5.75 Å². The molecule has 182 valence electrons. The van der Waals surface area contributed by atoms with Gasteiger partial charge in [0, 0.05) is 69.4 Å². The van der Waals surface area contributed by atoms with Crippen LogP contribution >= 0.6 is 11.3 Å². The van der Waals surface area contributed by atoms with Gasteiger partial charge in [-0.3, -0.25) is 19.4 Å². The summed E-state index contributed by atoms with van der Waals surface area (Å²) in [5, 5.41) is 7.17. The second kappa shape index (κ2) is 10.5. The molecule has 3 aliphatic rings. The van der Waals surface area contributed by atoms with Crippen LogP contribution in [0.3, 0.4) is 0 Å². The van der Waals surface area contributed by atoms with Crippen molar-refractivity contribution in [2.75, 3.05) is 45.8 Å². The lowest BCUT2D eigenvalue weighted by molar-refractivity contribution is -0.134. The smallest absolute Gasteiger partial charge is 0.236 e. The second-order valence-electron chi connectivity index (χ2n) is 9.69. The first-order chi connectivity index (χ1) is 16.5. The minimum atomic E-state index is -0.0758. The molecule has 2 fully saturated rings. The maximum absolute atomic E-state index is 13.3. The molecule has 0 spiro atoms. The molecule has 4 heterocycles. The Balaban J connectivity index is 1.21. The highest BCUT2D eigenvalue weighted by atomic mass is 32.1. The average molecular weight is 483 g/mol. The van der Waals surface area contributed by atoms with Gasteiger partial charge in [0.05, 0.1) is 6.54 Å². The summed E-state index contributed by atoms with van der Waals surface area (Å²) in [6.45, 7) is 7.94. The van der Waals surface area contributed by atoms with E-state index in [0.29, 0.717) is 32.1 Å². The zero-order valence-electron chi connectivity index (χ0n) is 19.9. The van der Waals surface area contributed by atoms with Crippen LogP contribution in [0.25, 0.3) is 0 Å². The van der Waals surface area contributed by atoms with E-state index in [4.69, 9.17) is 4.74 Å². The minimum absolute atomic E-state index is 0.0758. The molecule has 0 saturated carbocycles. The highest BCUT2D eigenvalue weighted by Crippen LogP contribution is 2.32. The summed E-state index contributed by atoms with van der Waals surface area (Å²) >= 11 is 1.67. The molecule has 8 heteroatoms. The molecular formula is C26H34N4O3S. The van der Waals surface area contributed by atoms with Gasteiger partial charge in [0.15, 0.2) is 0 Å². The van der Waals surface area contributed by atoms with Crippen molar-refractivity contribution in [1.29, 1.82) is 0 Å².